The molecule has 0 radical (unpaired) electrons. The number of aromatic nitrogens is 4. The molecule has 0 aliphatic carbocycles. The van der Waals surface area contributed by atoms with Gasteiger partial charge in [-0.3, -0.25) is 9.97 Å². The average Bonchev–Trinajstić information content (AvgIpc) is 1.78. The van der Waals surface area contributed by atoms with Crippen molar-refractivity contribution in [2.45, 2.75) is 6.92 Å². The fourth-order valence-corrected chi connectivity index (χ4v) is 13.9. The summed E-state index contributed by atoms with van der Waals surface area (Å²) in [5.41, 5.74) is 23.6. The third-order valence-electron chi connectivity index (χ3n) is 18.5. The third kappa shape index (κ3) is 9.26. The van der Waals surface area contributed by atoms with Crippen molar-refractivity contribution in [3.05, 3.63) is 315 Å². The molecule has 0 saturated heterocycles. The van der Waals surface area contributed by atoms with Gasteiger partial charge in [0.15, 0.2) is 0 Å². The van der Waals surface area contributed by atoms with Gasteiger partial charge in [-0.2, -0.15) is 0 Å². The second-order valence-electron chi connectivity index (χ2n) is 24.1. The lowest BCUT2D eigenvalue weighted by atomic mass is 9.93. The predicted molar refractivity (Wildman–Crippen MR) is 386 cm³/mol. The van der Waals surface area contributed by atoms with Crippen molar-refractivity contribution in [3.8, 4) is 78.1 Å². The fourth-order valence-electron chi connectivity index (χ4n) is 13.9. The Morgan fingerprint density at radius 2 is 0.559 bits per heavy atom. The molecule has 0 aliphatic heterocycles. The van der Waals surface area contributed by atoms with Crippen molar-refractivity contribution in [2.24, 2.45) is 0 Å². The van der Waals surface area contributed by atoms with Crippen LogP contribution < -0.4 is 0 Å². The maximum Gasteiger partial charge on any atom is 0.143 e. The van der Waals surface area contributed by atoms with Gasteiger partial charge in [-0.1, -0.05) is 254 Å². The number of aryl methyl sites for hydroxylation is 1. The summed E-state index contributed by atoms with van der Waals surface area (Å²) in [6.07, 6.45) is 3.80. The van der Waals surface area contributed by atoms with Gasteiger partial charge in [0.1, 0.15) is 22.3 Å². The number of nitrogens with zero attached hydrogens (tertiary/aromatic N) is 4. The Hall–Kier alpha value is -12.4. The summed E-state index contributed by atoms with van der Waals surface area (Å²) in [6, 6.07) is 105. The van der Waals surface area contributed by atoms with Gasteiger partial charge in [0.25, 0.3) is 0 Å². The molecular weight excluding hydrogens is 1130 g/mol. The highest BCUT2D eigenvalue weighted by atomic mass is 16.3. The minimum absolute atomic E-state index is 0.850. The first kappa shape index (κ1) is 53.6. The molecule has 4 heterocycles. The maximum atomic E-state index is 6.96. The molecule has 0 fully saturated rings. The molecule has 19 rings (SSSR count). The van der Waals surface area contributed by atoms with Crippen LogP contribution in [0.3, 0.4) is 0 Å². The first-order valence-corrected chi connectivity index (χ1v) is 31.5. The molecule has 0 amide bonds. The van der Waals surface area contributed by atoms with Crippen LogP contribution in [-0.4, -0.2) is 19.9 Å². The van der Waals surface area contributed by atoms with Gasteiger partial charge in [-0.05, 0) is 122 Å². The molecule has 0 N–H and O–H groups in total. The quantitative estimate of drug-likeness (QED) is 0.148. The lowest BCUT2D eigenvalue weighted by molar-refractivity contribution is 0.669. The van der Waals surface area contributed by atoms with Crippen molar-refractivity contribution >= 4 is 109 Å². The van der Waals surface area contributed by atoms with Crippen molar-refractivity contribution in [1.82, 2.24) is 19.9 Å². The van der Waals surface area contributed by atoms with E-state index < -0.39 is 0 Å². The smallest absolute Gasteiger partial charge is 0.143 e. The van der Waals surface area contributed by atoms with E-state index in [4.69, 9.17) is 28.8 Å². The molecule has 0 bridgehead atoms. The fraction of sp³-hybridized carbons (Fsp3) is 0.0115. The molecule has 0 atom stereocenters. The predicted octanol–water partition coefficient (Wildman–Crippen LogP) is 23.6. The van der Waals surface area contributed by atoms with E-state index in [0.717, 1.165) is 160 Å². The van der Waals surface area contributed by atoms with E-state index in [0.29, 0.717) is 0 Å². The van der Waals surface area contributed by atoms with Gasteiger partial charge >= 0.3 is 0 Å². The Morgan fingerprint density at radius 1 is 0.226 bits per heavy atom. The van der Waals surface area contributed by atoms with Crippen molar-refractivity contribution < 1.29 is 8.83 Å². The summed E-state index contributed by atoms with van der Waals surface area (Å²) in [7, 11) is 0. The molecule has 4 aromatic heterocycles. The lowest BCUT2D eigenvalue weighted by Gasteiger charge is -2.11. The monoisotopic (exact) mass is 1190 g/mol. The number of hydrogen-bond acceptors (Lipinski definition) is 6. The van der Waals surface area contributed by atoms with Gasteiger partial charge in [0, 0.05) is 65.3 Å². The Morgan fingerprint density at radius 3 is 1.01 bits per heavy atom. The van der Waals surface area contributed by atoms with E-state index in [-0.39, 0.29) is 0 Å². The molecule has 6 nitrogen and oxygen atoms in total. The first-order valence-electron chi connectivity index (χ1n) is 31.5. The zero-order chi connectivity index (χ0) is 61.5. The Balaban J connectivity index is 0.000000146. The topological polar surface area (TPSA) is 77.8 Å². The van der Waals surface area contributed by atoms with Crippen LogP contribution in [0.15, 0.2) is 318 Å². The second kappa shape index (κ2) is 22.0. The number of fused-ring (bicyclic) bond motifs is 18. The maximum absolute atomic E-state index is 6.96. The van der Waals surface area contributed by atoms with Crippen molar-refractivity contribution in [3.63, 3.8) is 0 Å². The molecule has 0 aliphatic rings. The minimum atomic E-state index is 0.850. The third-order valence-corrected chi connectivity index (χ3v) is 18.5. The number of benzene rings is 15. The zero-order valence-corrected chi connectivity index (χ0v) is 50.6. The van der Waals surface area contributed by atoms with Crippen LogP contribution in [0, 0.1) is 6.92 Å². The van der Waals surface area contributed by atoms with Crippen molar-refractivity contribution in [2.75, 3.05) is 0 Å². The molecule has 93 heavy (non-hydrogen) atoms. The van der Waals surface area contributed by atoms with Crippen LogP contribution in [0.1, 0.15) is 5.56 Å². The highest BCUT2D eigenvalue weighted by Crippen LogP contribution is 2.45. The second-order valence-corrected chi connectivity index (χ2v) is 24.1. The lowest BCUT2D eigenvalue weighted by Crippen LogP contribution is -1.92. The molecular formula is C87H54N4O2. The van der Waals surface area contributed by atoms with E-state index in [2.05, 4.69) is 304 Å². The van der Waals surface area contributed by atoms with Crippen LogP contribution in [0.5, 0.6) is 0 Å². The normalized spacial score (nSPS) is 11.7. The number of furan rings is 2. The molecule has 0 saturated carbocycles. The summed E-state index contributed by atoms with van der Waals surface area (Å²) in [6.45, 7) is 2.11. The van der Waals surface area contributed by atoms with Crippen LogP contribution in [0.2, 0.25) is 0 Å². The first-order chi connectivity index (χ1) is 46.0. The number of hydrogen-bond donors (Lipinski definition) is 0. The van der Waals surface area contributed by atoms with E-state index in [1.165, 1.54) is 32.7 Å². The summed E-state index contributed by atoms with van der Waals surface area (Å²) in [5.74, 6) is 0. The zero-order valence-electron chi connectivity index (χ0n) is 50.6. The molecule has 6 heteroatoms. The molecule has 15 aromatic carbocycles. The molecule has 434 valence electrons. The van der Waals surface area contributed by atoms with Crippen molar-refractivity contribution in [1.29, 1.82) is 0 Å². The van der Waals surface area contributed by atoms with E-state index in [9.17, 15) is 0 Å². The van der Waals surface area contributed by atoms with Crippen LogP contribution in [0.25, 0.3) is 187 Å². The van der Waals surface area contributed by atoms with Gasteiger partial charge in [-0.15, -0.1) is 0 Å². The van der Waals surface area contributed by atoms with Gasteiger partial charge in [0.05, 0.1) is 45.8 Å². The molecule has 0 unspecified atom stereocenters. The average molecular weight is 1190 g/mol. The van der Waals surface area contributed by atoms with Gasteiger partial charge in [0.2, 0.25) is 0 Å². The minimum Gasteiger partial charge on any atom is -0.456 e. The van der Waals surface area contributed by atoms with Crippen LogP contribution in [-0.2, 0) is 0 Å². The highest BCUT2D eigenvalue weighted by Gasteiger charge is 2.21. The SMILES string of the molecule is Cc1ccc2oc3ccc(-c4ccc(-c5cnc6c7ccccc7c7ccccc7c6n5)cc4)cc3c2c1.c1ccc(-c2cc(-c3ccccc3)c3oc4c(-c5ccccc5)cc(-c5ccc(-c6cnc7c8ccccc8c8ccccc8c7n6)cc5)cc4c3c2)cc1. The largest absolute Gasteiger partial charge is 0.456 e. The standard InChI is InChI=1S/C52H32N2O.C35H22N2O/c1-4-14-33(15-5-1)38-28-44(35-16-6-2-7-17-35)51-46(30-38)47-31-39(29-45(52(47)55-51)36-18-8-3-9-19-36)34-24-26-37(27-25-34)48-32-53-49-42-22-12-10-20-40(42)41-21-11-13-23-43(41)50(49)54-48;1-21-10-16-32-29(18-21)30-19-24(15-17-33(30)38-32)22-11-13-23(14-12-22)31-20-36-34-27-8-4-2-6-25(27)26-7-3-5-9-28(26)35(34)37-31/h1-32H;2-20H,1H3. The highest BCUT2D eigenvalue weighted by molar-refractivity contribution is 6.24. The van der Waals surface area contributed by atoms with Gasteiger partial charge < -0.3 is 8.83 Å². The summed E-state index contributed by atoms with van der Waals surface area (Å²) in [5, 5.41) is 13.8. The van der Waals surface area contributed by atoms with Crippen LogP contribution >= 0.6 is 0 Å². The van der Waals surface area contributed by atoms with E-state index in [1.807, 2.05) is 12.4 Å². The Labute approximate surface area is 535 Å². The summed E-state index contributed by atoms with van der Waals surface area (Å²) >= 11 is 0. The van der Waals surface area contributed by atoms with E-state index in [1.54, 1.807) is 0 Å². The molecule has 0 spiro atoms. The molecule has 19 aromatic rings. The van der Waals surface area contributed by atoms with E-state index >= 15 is 0 Å². The summed E-state index contributed by atoms with van der Waals surface area (Å²) in [4.78, 5) is 20.3. The Bertz CT molecular complexity index is 6090. The van der Waals surface area contributed by atoms with Crippen LogP contribution in [0.4, 0.5) is 0 Å². The van der Waals surface area contributed by atoms with Gasteiger partial charge in [-0.25, -0.2) is 9.97 Å². The number of rotatable bonds is 7. The Kier molecular flexibility index (Phi) is 12.7. The summed E-state index contributed by atoms with van der Waals surface area (Å²) < 4.78 is 13.0.